The summed E-state index contributed by atoms with van der Waals surface area (Å²) < 4.78 is 0.419. The second kappa shape index (κ2) is 3.98. The van der Waals surface area contributed by atoms with Crippen LogP contribution in [0.15, 0.2) is 9.94 Å². The fourth-order valence-electron chi connectivity index (χ4n) is 0.307. The lowest BCUT2D eigenvalue weighted by molar-refractivity contribution is 1.18. The van der Waals surface area contributed by atoms with Gasteiger partial charge in [-0.05, 0) is 12.0 Å². The maximum atomic E-state index is 6.77. The molecule has 0 aromatic carbocycles. The minimum absolute atomic E-state index is 0.419. The van der Waals surface area contributed by atoms with Crippen LogP contribution in [0.25, 0.3) is 0 Å². The molecule has 1 nitrogen and oxygen atoms in total. The molecule has 0 spiro atoms. The normalized spacial score (nSPS) is 12.9. The molecule has 0 aliphatic rings. The third-order valence-electron chi connectivity index (χ3n) is 0.820. The van der Waals surface area contributed by atoms with Crippen molar-refractivity contribution in [3.8, 4) is 0 Å². The molecule has 1 N–H and O–H groups in total. The van der Waals surface area contributed by atoms with Gasteiger partial charge in [-0.2, -0.15) is 0 Å². The minimum atomic E-state index is 0.419. The van der Waals surface area contributed by atoms with E-state index in [1.165, 1.54) is 6.21 Å². The molecule has 0 fully saturated rings. The van der Waals surface area contributed by atoms with Crippen molar-refractivity contribution in [1.82, 2.24) is 0 Å². The highest BCUT2D eigenvalue weighted by molar-refractivity contribution is 7.86. The van der Waals surface area contributed by atoms with Gasteiger partial charge in [0.15, 0.2) is 0 Å². The molecule has 0 aliphatic heterocycles. The summed E-state index contributed by atoms with van der Waals surface area (Å²) in [5.74, 6) is 0. The minimum Gasteiger partial charge on any atom is -0.308 e. The Balaban J connectivity index is 4.07. The van der Waals surface area contributed by atoms with Crippen LogP contribution in [0.5, 0.6) is 0 Å². The van der Waals surface area contributed by atoms with Gasteiger partial charge in [0, 0.05) is 6.21 Å². The van der Waals surface area contributed by atoms with E-state index >= 15 is 0 Å². The topological polar surface area (TPSA) is 23.9 Å². The van der Waals surface area contributed by atoms with E-state index in [0.29, 0.717) is 4.36 Å². The zero-order valence-corrected chi connectivity index (χ0v) is 6.26. The standard InChI is InChI=1S/C5H8ClNS/c1-2-4(3-7)5(6)8/h3,7-8H,2H2,1H3/b5-4-,7-3?. The summed E-state index contributed by atoms with van der Waals surface area (Å²) in [5.41, 5.74) is 0.773. The van der Waals surface area contributed by atoms with Gasteiger partial charge in [-0.1, -0.05) is 18.5 Å². The molecule has 0 unspecified atom stereocenters. The van der Waals surface area contributed by atoms with Crippen LogP contribution >= 0.6 is 24.2 Å². The van der Waals surface area contributed by atoms with E-state index in [1.54, 1.807) is 0 Å². The third-order valence-corrected chi connectivity index (χ3v) is 1.35. The lowest BCUT2D eigenvalue weighted by atomic mass is 10.3. The van der Waals surface area contributed by atoms with Crippen molar-refractivity contribution in [3.05, 3.63) is 9.94 Å². The van der Waals surface area contributed by atoms with E-state index in [-0.39, 0.29) is 0 Å². The molecule has 0 amide bonds. The van der Waals surface area contributed by atoms with Crippen molar-refractivity contribution < 1.29 is 0 Å². The van der Waals surface area contributed by atoms with Gasteiger partial charge in [0.25, 0.3) is 0 Å². The van der Waals surface area contributed by atoms with Crippen LogP contribution in [0.2, 0.25) is 0 Å². The van der Waals surface area contributed by atoms with Crippen molar-refractivity contribution in [3.63, 3.8) is 0 Å². The van der Waals surface area contributed by atoms with Crippen LogP contribution in [0.3, 0.4) is 0 Å². The van der Waals surface area contributed by atoms with Gasteiger partial charge in [-0.25, -0.2) is 0 Å². The largest absolute Gasteiger partial charge is 0.308 e. The molecule has 0 aromatic rings. The van der Waals surface area contributed by atoms with Gasteiger partial charge in [0.05, 0.1) is 4.36 Å². The monoisotopic (exact) mass is 149 g/mol. The molecule has 0 rings (SSSR count). The van der Waals surface area contributed by atoms with Crippen molar-refractivity contribution in [2.24, 2.45) is 0 Å². The number of thiol groups is 1. The molecular weight excluding hydrogens is 142 g/mol. The highest BCUT2D eigenvalue weighted by Crippen LogP contribution is 2.13. The van der Waals surface area contributed by atoms with Gasteiger partial charge < -0.3 is 5.41 Å². The average molecular weight is 150 g/mol. The molecule has 0 bridgehead atoms. The fraction of sp³-hybridized carbons (Fsp3) is 0.400. The predicted octanol–water partition coefficient (Wildman–Crippen LogP) is 2.43. The molecule has 8 heavy (non-hydrogen) atoms. The fourth-order valence-corrected chi connectivity index (χ4v) is 0.718. The van der Waals surface area contributed by atoms with Gasteiger partial charge in [0.1, 0.15) is 0 Å². The Morgan fingerprint density at radius 3 is 2.38 bits per heavy atom. The van der Waals surface area contributed by atoms with Gasteiger partial charge in [-0.3, -0.25) is 0 Å². The van der Waals surface area contributed by atoms with Crippen molar-refractivity contribution in [2.75, 3.05) is 0 Å². The molecule has 0 atom stereocenters. The van der Waals surface area contributed by atoms with E-state index in [1.807, 2.05) is 6.92 Å². The SMILES string of the molecule is CC/C(C=N)=C(/S)Cl. The van der Waals surface area contributed by atoms with Gasteiger partial charge >= 0.3 is 0 Å². The van der Waals surface area contributed by atoms with Gasteiger partial charge in [-0.15, -0.1) is 12.6 Å². The number of hydrogen-bond donors (Lipinski definition) is 2. The molecule has 0 radical (unpaired) electrons. The van der Waals surface area contributed by atoms with Crippen LogP contribution in [0, 0.1) is 5.41 Å². The number of allylic oxidation sites excluding steroid dienone is 1. The van der Waals surface area contributed by atoms with E-state index in [4.69, 9.17) is 17.0 Å². The Morgan fingerprint density at radius 1 is 1.88 bits per heavy atom. The Morgan fingerprint density at radius 2 is 2.38 bits per heavy atom. The van der Waals surface area contributed by atoms with E-state index in [9.17, 15) is 0 Å². The number of hydrogen-bond acceptors (Lipinski definition) is 2. The number of halogens is 1. The average Bonchev–Trinajstić information content (AvgIpc) is 1.69. The van der Waals surface area contributed by atoms with E-state index in [2.05, 4.69) is 12.6 Å². The zero-order chi connectivity index (χ0) is 6.57. The maximum absolute atomic E-state index is 6.77. The second-order valence-electron chi connectivity index (χ2n) is 1.31. The first-order valence-electron chi connectivity index (χ1n) is 2.30. The molecule has 0 saturated carbocycles. The highest BCUT2D eigenvalue weighted by atomic mass is 35.5. The quantitative estimate of drug-likeness (QED) is 0.445. The molecular formula is C5H8ClNS. The summed E-state index contributed by atoms with van der Waals surface area (Å²) in [6, 6.07) is 0. The number of rotatable bonds is 2. The molecule has 3 heteroatoms. The molecule has 0 saturated heterocycles. The van der Waals surface area contributed by atoms with Gasteiger partial charge in [0.2, 0.25) is 0 Å². The van der Waals surface area contributed by atoms with Crippen molar-refractivity contribution in [1.29, 1.82) is 5.41 Å². The van der Waals surface area contributed by atoms with Crippen LogP contribution in [-0.2, 0) is 0 Å². The first-order chi connectivity index (χ1) is 3.72. The first kappa shape index (κ1) is 8.05. The first-order valence-corrected chi connectivity index (χ1v) is 3.13. The maximum Gasteiger partial charge on any atom is 0.0751 e. The third kappa shape index (κ3) is 2.38. The van der Waals surface area contributed by atoms with E-state index in [0.717, 1.165) is 12.0 Å². The highest BCUT2D eigenvalue weighted by Gasteiger charge is 1.91. The summed E-state index contributed by atoms with van der Waals surface area (Å²) in [6.07, 6.45) is 1.99. The Bertz CT molecular complexity index is 116. The summed E-state index contributed by atoms with van der Waals surface area (Å²) in [4.78, 5) is 0. The lowest BCUT2D eigenvalue weighted by Crippen LogP contribution is -1.79. The Labute approximate surface area is 59.7 Å². The zero-order valence-electron chi connectivity index (χ0n) is 4.61. The smallest absolute Gasteiger partial charge is 0.0751 e. The second-order valence-corrected chi connectivity index (χ2v) is 2.40. The summed E-state index contributed by atoms with van der Waals surface area (Å²) in [5, 5.41) is 6.77. The van der Waals surface area contributed by atoms with Crippen LogP contribution in [0.4, 0.5) is 0 Å². The molecule has 0 aromatic heterocycles. The summed E-state index contributed by atoms with van der Waals surface area (Å²) >= 11 is 9.28. The predicted molar refractivity (Wildman–Crippen MR) is 40.9 cm³/mol. The Hall–Kier alpha value is 0.0500. The van der Waals surface area contributed by atoms with E-state index < -0.39 is 0 Å². The van der Waals surface area contributed by atoms with Crippen LogP contribution in [0.1, 0.15) is 13.3 Å². The Kier molecular flexibility index (Phi) is 4.01. The lowest BCUT2D eigenvalue weighted by Gasteiger charge is -1.92. The molecule has 0 aliphatic carbocycles. The molecule has 0 heterocycles. The summed E-state index contributed by atoms with van der Waals surface area (Å²) in [6.45, 7) is 1.93. The van der Waals surface area contributed by atoms with Crippen molar-refractivity contribution in [2.45, 2.75) is 13.3 Å². The van der Waals surface area contributed by atoms with Crippen LogP contribution < -0.4 is 0 Å². The molecule has 46 valence electrons. The van der Waals surface area contributed by atoms with Crippen LogP contribution in [-0.4, -0.2) is 6.21 Å². The number of nitrogens with one attached hydrogen (secondary N) is 1. The summed E-state index contributed by atoms with van der Waals surface area (Å²) in [7, 11) is 0. The van der Waals surface area contributed by atoms with Crippen molar-refractivity contribution >= 4 is 30.4 Å².